The van der Waals surface area contributed by atoms with Crippen LogP contribution in [-0.4, -0.2) is 15.0 Å². The molecular formula is C14H10N4S. The van der Waals surface area contributed by atoms with Crippen molar-refractivity contribution >= 4 is 11.3 Å². The molecule has 0 atom stereocenters. The van der Waals surface area contributed by atoms with E-state index in [0.29, 0.717) is 5.69 Å². The van der Waals surface area contributed by atoms with Crippen molar-refractivity contribution in [1.82, 2.24) is 15.0 Å². The average Bonchev–Trinajstić information content (AvgIpc) is 3.07. The summed E-state index contributed by atoms with van der Waals surface area (Å²) in [6.07, 6.45) is 0. The average molecular weight is 266 g/mol. The molecule has 19 heavy (non-hydrogen) atoms. The molecule has 0 N–H and O–H groups in total. The highest BCUT2D eigenvalue weighted by Gasteiger charge is 2.17. The second kappa shape index (κ2) is 4.67. The molecule has 5 heteroatoms. The Balaban J connectivity index is 2.27. The predicted molar refractivity (Wildman–Crippen MR) is 74.1 cm³/mol. The number of hydrogen-bond donors (Lipinski definition) is 0. The highest BCUT2D eigenvalue weighted by molar-refractivity contribution is 7.13. The van der Waals surface area contributed by atoms with Crippen LogP contribution < -0.4 is 0 Å². The van der Waals surface area contributed by atoms with Crippen LogP contribution in [0.15, 0.2) is 41.8 Å². The van der Waals surface area contributed by atoms with Crippen molar-refractivity contribution in [2.75, 3.05) is 0 Å². The largest absolute Gasteiger partial charge is 0.210 e. The summed E-state index contributed by atoms with van der Waals surface area (Å²) in [5.74, 6) is 0. The summed E-state index contributed by atoms with van der Waals surface area (Å²) in [6.45, 7) is 2.02. The number of aryl methyl sites for hydroxylation is 1. The molecule has 4 nitrogen and oxygen atoms in total. The molecule has 0 saturated carbocycles. The molecule has 2 heterocycles. The van der Waals surface area contributed by atoms with Crippen LogP contribution in [0.5, 0.6) is 0 Å². The Kier molecular flexibility index (Phi) is 2.86. The van der Waals surface area contributed by atoms with E-state index in [2.05, 4.69) is 16.4 Å². The molecule has 0 radical (unpaired) electrons. The van der Waals surface area contributed by atoms with Gasteiger partial charge in [-0.1, -0.05) is 29.5 Å². The minimum atomic E-state index is 0.353. The van der Waals surface area contributed by atoms with Gasteiger partial charge in [-0.2, -0.15) is 5.26 Å². The lowest BCUT2D eigenvalue weighted by Gasteiger charge is -2.07. The lowest BCUT2D eigenvalue weighted by atomic mass is 10.2. The van der Waals surface area contributed by atoms with Gasteiger partial charge in [-0.15, -0.1) is 16.4 Å². The molecule has 3 aromatic rings. The van der Waals surface area contributed by atoms with E-state index in [4.69, 9.17) is 0 Å². The number of rotatable bonds is 2. The van der Waals surface area contributed by atoms with Crippen molar-refractivity contribution in [3.63, 3.8) is 0 Å². The third-order valence-corrected chi connectivity index (χ3v) is 3.75. The van der Waals surface area contributed by atoms with E-state index in [0.717, 1.165) is 21.8 Å². The molecule has 1 aromatic carbocycles. The van der Waals surface area contributed by atoms with Crippen LogP contribution in [0, 0.1) is 18.3 Å². The molecule has 0 aliphatic carbocycles. The summed E-state index contributed by atoms with van der Waals surface area (Å²) in [6, 6.07) is 14.0. The molecule has 0 amide bonds. The smallest absolute Gasteiger partial charge is 0.191 e. The van der Waals surface area contributed by atoms with E-state index in [1.54, 1.807) is 16.0 Å². The summed E-state index contributed by atoms with van der Waals surface area (Å²) in [5.41, 5.74) is 3.15. The third-order valence-electron chi connectivity index (χ3n) is 2.87. The fourth-order valence-electron chi connectivity index (χ4n) is 1.96. The van der Waals surface area contributed by atoms with Crippen molar-refractivity contribution in [2.24, 2.45) is 0 Å². The van der Waals surface area contributed by atoms with Gasteiger partial charge in [-0.25, -0.2) is 4.68 Å². The van der Waals surface area contributed by atoms with Gasteiger partial charge in [-0.3, -0.25) is 0 Å². The number of benzene rings is 1. The summed E-state index contributed by atoms with van der Waals surface area (Å²) in [5, 5.41) is 19.3. The third kappa shape index (κ3) is 1.92. The zero-order valence-corrected chi connectivity index (χ0v) is 11.1. The van der Waals surface area contributed by atoms with E-state index >= 15 is 0 Å². The van der Waals surface area contributed by atoms with Gasteiger partial charge in [0, 0.05) is 0 Å². The zero-order valence-electron chi connectivity index (χ0n) is 10.2. The molecule has 0 unspecified atom stereocenters. The fourth-order valence-corrected chi connectivity index (χ4v) is 2.72. The lowest BCUT2D eigenvalue weighted by molar-refractivity contribution is 0.803. The quantitative estimate of drug-likeness (QED) is 0.715. The monoisotopic (exact) mass is 266 g/mol. The van der Waals surface area contributed by atoms with Crippen LogP contribution in [-0.2, 0) is 0 Å². The summed E-state index contributed by atoms with van der Waals surface area (Å²) < 4.78 is 1.74. The van der Waals surface area contributed by atoms with Crippen molar-refractivity contribution in [3.8, 4) is 22.3 Å². The Morgan fingerprint density at radius 2 is 2.05 bits per heavy atom. The first-order valence-corrected chi connectivity index (χ1v) is 6.65. The van der Waals surface area contributed by atoms with Crippen LogP contribution in [0.25, 0.3) is 16.3 Å². The first kappa shape index (κ1) is 11.6. The molecule has 0 saturated heterocycles. The number of para-hydroxylation sites is 1. The van der Waals surface area contributed by atoms with Crippen molar-refractivity contribution in [3.05, 3.63) is 53.0 Å². The molecule has 2 aromatic heterocycles. The van der Waals surface area contributed by atoms with E-state index in [1.807, 2.05) is 48.7 Å². The number of aromatic nitrogens is 3. The van der Waals surface area contributed by atoms with Crippen LogP contribution >= 0.6 is 11.3 Å². The second-order valence-corrected chi connectivity index (χ2v) is 5.02. The molecule has 0 aliphatic rings. The van der Waals surface area contributed by atoms with Gasteiger partial charge in [0.1, 0.15) is 11.8 Å². The van der Waals surface area contributed by atoms with Crippen molar-refractivity contribution in [2.45, 2.75) is 6.92 Å². The number of nitriles is 1. The minimum Gasteiger partial charge on any atom is -0.210 e. The van der Waals surface area contributed by atoms with E-state index in [1.165, 1.54) is 0 Å². The molecule has 0 fully saturated rings. The maximum absolute atomic E-state index is 9.19. The minimum absolute atomic E-state index is 0.353. The van der Waals surface area contributed by atoms with E-state index in [9.17, 15) is 5.26 Å². The number of nitrogens with zero attached hydrogens (tertiary/aromatic N) is 4. The zero-order chi connectivity index (χ0) is 13.2. The molecule has 0 aliphatic heterocycles. The molecule has 0 spiro atoms. The first-order valence-electron chi connectivity index (χ1n) is 5.77. The summed E-state index contributed by atoms with van der Waals surface area (Å²) >= 11 is 1.57. The van der Waals surface area contributed by atoms with Crippen LogP contribution in [0.3, 0.4) is 0 Å². The van der Waals surface area contributed by atoms with Crippen LogP contribution in [0.1, 0.15) is 11.3 Å². The Hall–Kier alpha value is -2.45. The standard InChI is InChI=1S/C14H10N4S/c1-10-5-2-3-6-12(10)18-14(11(9-15)16-17-18)13-7-4-8-19-13/h2-8H,1H3. The van der Waals surface area contributed by atoms with E-state index < -0.39 is 0 Å². The Bertz CT molecular complexity index is 750. The summed E-state index contributed by atoms with van der Waals surface area (Å²) in [4.78, 5) is 0.991. The van der Waals surface area contributed by atoms with Crippen LogP contribution in [0.4, 0.5) is 0 Å². The second-order valence-electron chi connectivity index (χ2n) is 4.07. The Morgan fingerprint density at radius 3 is 2.74 bits per heavy atom. The van der Waals surface area contributed by atoms with Gasteiger partial charge >= 0.3 is 0 Å². The van der Waals surface area contributed by atoms with Gasteiger partial charge in [0.05, 0.1) is 10.6 Å². The maximum Gasteiger partial charge on any atom is 0.191 e. The fraction of sp³-hybridized carbons (Fsp3) is 0.0714. The molecule has 0 bridgehead atoms. The highest BCUT2D eigenvalue weighted by Crippen LogP contribution is 2.29. The molecular weight excluding hydrogens is 256 g/mol. The first-order chi connectivity index (χ1) is 9.31. The van der Waals surface area contributed by atoms with Crippen LogP contribution in [0.2, 0.25) is 0 Å². The molecule has 92 valence electrons. The van der Waals surface area contributed by atoms with Gasteiger partial charge in [0.25, 0.3) is 0 Å². The topological polar surface area (TPSA) is 54.5 Å². The molecule has 3 rings (SSSR count). The van der Waals surface area contributed by atoms with Gasteiger partial charge in [0.2, 0.25) is 0 Å². The van der Waals surface area contributed by atoms with E-state index in [-0.39, 0.29) is 0 Å². The van der Waals surface area contributed by atoms with Crippen molar-refractivity contribution < 1.29 is 0 Å². The van der Waals surface area contributed by atoms with Crippen molar-refractivity contribution in [1.29, 1.82) is 5.26 Å². The Labute approximate surface area is 114 Å². The SMILES string of the molecule is Cc1ccccc1-n1nnc(C#N)c1-c1cccs1. The number of hydrogen-bond acceptors (Lipinski definition) is 4. The maximum atomic E-state index is 9.19. The van der Waals surface area contributed by atoms with Gasteiger partial charge in [-0.05, 0) is 30.0 Å². The lowest BCUT2D eigenvalue weighted by Crippen LogP contribution is -2.01. The normalized spacial score (nSPS) is 10.3. The van der Waals surface area contributed by atoms with Gasteiger partial charge < -0.3 is 0 Å². The number of thiophene rings is 1. The Morgan fingerprint density at radius 1 is 1.21 bits per heavy atom. The highest BCUT2D eigenvalue weighted by atomic mass is 32.1. The summed E-state index contributed by atoms with van der Waals surface area (Å²) in [7, 11) is 0. The predicted octanol–water partition coefficient (Wildman–Crippen LogP) is 3.18. The van der Waals surface area contributed by atoms with Gasteiger partial charge in [0.15, 0.2) is 5.69 Å².